The van der Waals surface area contributed by atoms with Gasteiger partial charge in [-0.25, -0.2) is 8.78 Å². The van der Waals surface area contributed by atoms with Crippen molar-refractivity contribution in [3.63, 3.8) is 0 Å². The average molecular weight is 255 g/mol. The van der Waals surface area contributed by atoms with E-state index < -0.39 is 11.8 Å². The fraction of sp³-hybridized carbons (Fsp3) is 0.571. The first-order valence-corrected chi connectivity index (χ1v) is 6.33. The highest BCUT2D eigenvalue weighted by molar-refractivity contribution is 5.27. The Balaban J connectivity index is 2.01. The Kier molecular flexibility index (Phi) is 4.17. The number of hydrogen-bond donors (Lipinski definition) is 1. The van der Waals surface area contributed by atoms with Crippen LogP contribution in [0.1, 0.15) is 18.4 Å². The maximum absolute atomic E-state index is 14.1. The summed E-state index contributed by atoms with van der Waals surface area (Å²) in [5.41, 5.74) is 0.659. The van der Waals surface area contributed by atoms with Gasteiger partial charge in [0.1, 0.15) is 5.75 Å². The van der Waals surface area contributed by atoms with E-state index in [0.29, 0.717) is 24.3 Å². The summed E-state index contributed by atoms with van der Waals surface area (Å²) in [6.45, 7) is 1.28. The summed E-state index contributed by atoms with van der Waals surface area (Å²) >= 11 is 0. The van der Waals surface area contributed by atoms with Gasteiger partial charge in [0.05, 0.1) is 7.11 Å². The quantitative estimate of drug-likeness (QED) is 0.893. The van der Waals surface area contributed by atoms with Crippen LogP contribution in [0.2, 0.25) is 0 Å². The maximum atomic E-state index is 14.1. The van der Waals surface area contributed by atoms with Gasteiger partial charge in [0, 0.05) is 18.9 Å². The second-order valence-electron chi connectivity index (χ2n) is 4.83. The number of ether oxygens (including phenoxy) is 1. The van der Waals surface area contributed by atoms with E-state index in [1.54, 1.807) is 31.4 Å². The van der Waals surface area contributed by atoms with Crippen molar-refractivity contribution >= 4 is 0 Å². The topological polar surface area (TPSA) is 21.3 Å². The third-order valence-electron chi connectivity index (χ3n) is 3.49. The molecule has 0 spiro atoms. The lowest BCUT2D eigenvalue weighted by atomic mass is 9.89. The van der Waals surface area contributed by atoms with Crippen molar-refractivity contribution in [1.82, 2.24) is 5.32 Å². The minimum absolute atomic E-state index is 0.191. The standard InChI is InChI=1S/C14H19F2NO/c1-18-13-6-4-11(5-7-13)9-14(15,16)12-3-2-8-17-10-12/h4-7,12,17H,2-3,8-10H2,1H3. The van der Waals surface area contributed by atoms with Crippen molar-refractivity contribution in [1.29, 1.82) is 0 Å². The summed E-state index contributed by atoms with van der Waals surface area (Å²) in [5.74, 6) is -2.49. The molecule has 0 aliphatic carbocycles. The molecule has 0 bridgehead atoms. The van der Waals surface area contributed by atoms with Gasteiger partial charge in [-0.3, -0.25) is 0 Å². The predicted octanol–water partition coefficient (Wildman–Crippen LogP) is 2.87. The molecule has 2 rings (SSSR count). The monoisotopic (exact) mass is 255 g/mol. The van der Waals surface area contributed by atoms with Gasteiger partial charge in [0.25, 0.3) is 5.92 Å². The number of hydrogen-bond acceptors (Lipinski definition) is 2. The molecule has 1 heterocycles. The number of benzene rings is 1. The highest BCUT2D eigenvalue weighted by Gasteiger charge is 2.39. The molecule has 0 amide bonds. The number of methoxy groups -OCH3 is 1. The van der Waals surface area contributed by atoms with Gasteiger partial charge in [-0.15, -0.1) is 0 Å². The Labute approximate surface area is 106 Å². The van der Waals surface area contributed by atoms with E-state index in [9.17, 15) is 8.78 Å². The normalized spacial score (nSPS) is 20.7. The first-order chi connectivity index (χ1) is 8.62. The average Bonchev–Trinajstić information content (AvgIpc) is 2.40. The van der Waals surface area contributed by atoms with Crippen molar-refractivity contribution in [3.05, 3.63) is 29.8 Å². The summed E-state index contributed by atoms with van der Waals surface area (Å²) in [7, 11) is 1.57. The van der Waals surface area contributed by atoms with Crippen LogP contribution in [0.25, 0.3) is 0 Å². The summed E-state index contributed by atoms with van der Waals surface area (Å²) in [6.07, 6.45) is 1.25. The fourth-order valence-electron chi connectivity index (χ4n) is 2.37. The predicted molar refractivity (Wildman–Crippen MR) is 67.2 cm³/mol. The molecule has 1 saturated heterocycles. The molecule has 18 heavy (non-hydrogen) atoms. The van der Waals surface area contributed by atoms with Crippen molar-refractivity contribution in [3.8, 4) is 5.75 Å². The van der Waals surface area contributed by atoms with E-state index in [-0.39, 0.29) is 6.42 Å². The van der Waals surface area contributed by atoms with Gasteiger partial charge in [-0.2, -0.15) is 0 Å². The van der Waals surface area contributed by atoms with Crippen LogP contribution in [0.4, 0.5) is 8.78 Å². The minimum atomic E-state index is -2.64. The highest BCUT2D eigenvalue weighted by atomic mass is 19.3. The Bertz CT molecular complexity index is 372. The van der Waals surface area contributed by atoms with Gasteiger partial charge in [-0.1, -0.05) is 12.1 Å². The van der Waals surface area contributed by atoms with Crippen molar-refractivity contribution in [2.24, 2.45) is 5.92 Å². The molecular formula is C14H19F2NO. The molecule has 4 heteroatoms. The third kappa shape index (κ3) is 3.19. The van der Waals surface area contributed by atoms with Gasteiger partial charge in [0.2, 0.25) is 0 Å². The molecule has 1 fully saturated rings. The van der Waals surface area contributed by atoms with Gasteiger partial charge in [-0.05, 0) is 37.1 Å². The zero-order valence-corrected chi connectivity index (χ0v) is 10.6. The van der Waals surface area contributed by atoms with E-state index in [1.165, 1.54) is 0 Å². The molecule has 0 radical (unpaired) electrons. The lowest BCUT2D eigenvalue weighted by molar-refractivity contribution is -0.0647. The summed E-state index contributed by atoms with van der Waals surface area (Å²) < 4.78 is 33.2. The zero-order valence-electron chi connectivity index (χ0n) is 10.6. The summed E-state index contributed by atoms with van der Waals surface area (Å²) in [6, 6.07) is 6.88. The van der Waals surface area contributed by atoms with Gasteiger partial charge in [0.15, 0.2) is 0 Å². The van der Waals surface area contributed by atoms with Crippen molar-refractivity contribution in [2.45, 2.75) is 25.2 Å². The van der Waals surface area contributed by atoms with Crippen molar-refractivity contribution in [2.75, 3.05) is 20.2 Å². The first kappa shape index (κ1) is 13.3. The minimum Gasteiger partial charge on any atom is -0.497 e. The molecule has 0 aromatic heterocycles. The largest absolute Gasteiger partial charge is 0.497 e. The molecule has 1 atom stereocenters. The van der Waals surface area contributed by atoms with Crippen LogP contribution in [0.3, 0.4) is 0 Å². The number of piperidine rings is 1. The van der Waals surface area contributed by atoms with Gasteiger partial charge >= 0.3 is 0 Å². The summed E-state index contributed by atoms with van der Waals surface area (Å²) in [5, 5.41) is 3.04. The number of alkyl halides is 2. The fourth-order valence-corrected chi connectivity index (χ4v) is 2.37. The number of nitrogens with one attached hydrogen (secondary N) is 1. The molecule has 1 N–H and O–H groups in total. The molecule has 1 aliphatic heterocycles. The van der Waals surface area contributed by atoms with E-state index in [4.69, 9.17) is 4.74 Å². The Morgan fingerprint density at radius 2 is 2.06 bits per heavy atom. The van der Waals surface area contributed by atoms with Crippen LogP contribution >= 0.6 is 0 Å². The molecule has 1 unspecified atom stereocenters. The number of halogens is 2. The third-order valence-corrected chi connectivity index (χ3v) is 3.49. The molecule has 1 aromatic rings. The Hall–Kier alpha value is -1.16. The van der Waals surface area contributed by atoms with Crippen LogP contribution in [0.5, 0.6) is 5.75 Å². The van der Waals surface area contributed by atoms with Crippen molar-refractivity contribution < 1.29 is 13.5 Å². The second-order valence-corrected chi connectivity index (χ2v) is 4.83. The van der Waals surface area contributed by atoms with E-state index >= 15 is 0 Å². The molecule has 2 nitrogen and oxygen atoms in total. The Morgan fingerprint density at radius 1 is 1.33 bits per heavy atom. The summed E-state index contributed by atoms with van der Waals surface area (Å²) in [4.78, 5) is 0. The smallest absolute Gasteiger partial charge is 0.256 e. The SMILES string of the molecule is COc1ccc(CC(F)(F)C2CCCNC2)cc1. The van der Waals surface area contributed by atoms with Crippen LogP contribution in [-0.4, -0.2) is 26.1 Å². The van der Waals surface area contributed by atoms with E-state index in [1.807, 2.05) is 0 Å². The molecule has 1 aromatic carbocycles. The van der Waals surface area contributed by atoms with E-state index in [0.717, 1.165) is 13.0 Å². The van der Waals surface area contributed by atoms with Crippen LogP contribution < -0.4 is 10.1 Å². The maximum Gasteiger partial charge on any atom is 0.256 e. The van der Waals surface area contributed by atoms with Crippen LogP contribution in [-0.2, 0) is 6.42 Å². The lowest BCUT2D eigenvalue weighted by Crippen LogP contribution is -2.41. The lowest BCUT2D eigenvalue weighted by Gasteiger charge is -2.30. The van der Waals surface area contributed by atoms with Crippen LogP contribution in [0.15, 0.2) is 24.3 Å². The molecular weight excluding hydrogens is 236 g/mol. The molecule has 0 saturated carbocycles. The zero-order chi connectivity index (χ0) is 13.0. The van der Waals surface area contributed by atoms with Crippen LogP contribution in [0, 0.1) is 5.92 Å². The Morgan fingerprint density at radius 3 is 2.61 bits per heavy atom. The highest BCUT2D eigenvalue weighted by Crippen LogP contribution is 2.33. The second kappa shape index (κ2) is 5.65. The molecule has 100 valence electrons. The first-order valence-electron chi connectivity index (χ1n) is 6.33. The molecule has 1 aliphatic rings. The van der Waals surface area contributed by atoms with E-state index in [2.05, 4.69) is 5.32 Å². The number of rotatable bonds is 4. The van der Waals surface area contributed by atoms with Gasteiger partial charge < -0.3 is 10.1 Å².